The van der Waals surface area contributed by atoms with Crippen molar-refractivity contribution in [2.75, 3.05) is 4.90 Å². The van der Waals surface area contributed by atoms with Crippen LogP contribution < -0.4 is 10.5 Å². The Labute approximate surface area is 186 Å². The molecule has 0 aliphatic heterocycles. The van der Waals surface area contributed by atoms with Crippen molar-refractivity contribution in [1.29, 1.82) is 0 Å². The van der Waals surface area contributed by atoms with Gasteiger partial charge in [0.15, 0.2) is 0 Å². The number of carbonyl (C=O) groups is 1. The van der Waals surface area contributed by atoms with E-state index in [0.29, 0.717) is 16.1 Å². The van der Waals surface area contributed by atoms with Gasteiger partial charge in [0.2, 0.25) is 0 Å². The summed E-state index contributed by atoms with van der Waals surface area (Å²) in [5, 5.41) is 1.50. The Morgan fingerprint density at radius 2 is 1.65 bits per heavy atom. The molecule has 0 unspecified atom stereocenters. The number of H-pyrrole nitrogens is 1. The quantitative estimate of drug-likeness (QED) is 0.434. The predicted molar refractivity (Wildman–Crippen MR) is 127 cm³/mol. The van der Waals surface area contributed by atoms with Crippen LogP contribution in [0.4, 0.5) is 5.69 Å². The lowest BCUT2D eigenvalue weighted by Crippen LogP contribution is -2.33. The number of anilines is 1. The average Bonchev–Trinajstić information content (AvgIpc) is 2.74. The van der Waals surface area contributed by atoms with Crippen LogP contribution in [0.15, 0.2) is 71.5 Å². The number of halogens is 1. The molecule has 0 saturated carbocycles. The summed E-state index contributed by atoms with van der Waals surface area (Å²) in [6.45, 7) is 6.20. The van der Waals surface area contributed by atoms with Gasteiger partial charge in [-0.15, -0.1) is 0 Å². The molecular formula is C26H23ClN2O2. The summed E-state index contributed by atoms with van der Waals surface area (Å²) in [6.07, 6.45) is 0. The second kappa shape index (κ2) is 8.40. The molecule has 0 fully saturated rings. The van der Waals surface area contributed by atoms with E-state index >= 15 is 0 Å². The highest BCUT2D eigenvalue weighted by Gasteiger charge is 2.20. The van der Waals surface area contributed by atoms with E-state index in [4.69, 9.17) is 11.6 Å². The number of pyridine rings is 1. The van der Waals surface area contributed by atoms with Gasteiger partial charge in [0.05, 0.1) is 6.54 Å². The van der Waals surface area contributed by atoms with Crippen molar-refractivity contribution in [2.45, 2.75) is 27.3 Å². The first kappa shape index (κ1) is 20.9. The molecule has 1 heterocycles. The Hall–Kier alpha value is -3.37. The van der Waals surface area contributed by atoms with E-state index in [1.807, 2.05) is 63.2 Å². The van der Waals surface area contributed by atoms with Gasteiger partial charge in [0, 0.05) is 27.4 Å². The molecule has 0 aliphatic carbocycles. The standard InChI is InChI=1S/C26H23ClN2O2/c1-16-4-11-24-20(12-16)14-21(25(30)28-24)15-29(23-10-5-17(2)18(3)13-23)26(31)19-6-8-22(27)9-7-19/h4-14H,15H2,1-3H3,(H,28,30). The van der Waals surface area contributed by atoms with Gasteiger partial charge in [-0.3, -0.25) is 9.59 Å². The number of amides is 1. The van der Waals surface area contributed by atoms with Crippen LogP contribution in [0.25, 0.3) is 10.9 Å². The van der Waals surface area contributed by atoms with Crippen molar-refractivity contribution in [2.24, 2.45) is 0 Å². The number of nitrogens with one attached hydrogen (secondary N) is 1. The van der Waals surface area contributed by atoms with Gasteiger partial charge >= 0.3 is 0 Å². The van der Waals surface area contributed by atoms with Gasteiger partial charge < -0.3 is 9.88 Å². The summed E-state index contributed by atoms with van der Waals surface area (Å²) in [7, 11) is 0. The summed E-state index contributed by atoms with van der Waals surface area (Å²) in [6, 6.07) is 20.4. The van der Waals surface area contributed by atoms with Gasteiger partial charge in [-0.25, -0.2) is 0 Å². The van der Waals surface area contributed by atoms with Crippen LogP contribution in [0.2, 0.25) is 5.02 Å². The molecule has 1 amide bonds. The highest BCUT2D eigenvalue weighted by Crippen LogP contribution is 2.24. The molecule has 0 bridgehead atoms. The zero-order chi connectivity index (χ0) is 22.1. The smallest absolute Gasteiger partial charge is 0.258 e. The van der Waals surface area contributed by atoms with Crippen LogP contribution in [0.5, 0.6) is 0 Å². The molecule has 4 aromatic rings. The fourth-order valence-corrected chi connectivity index (χ4v) is 3.71. The molecule has 31 heavy (non-hydrogen) atoms. The number of rotatable bonds is 4. The fourth-order valence-electron chi connectivity index (χ4n) is 3.58. The zero-order valence-corrected chi connectivity index (χ0v) is 18.5. The van der Waals surface area contributed by atoms with Crippen molar-refractivity contribution in [3.05, 3.63) is 110 Å². The van der Waals surface area contributed by atoms with Gasteiger partial charge in [0.1, 0.15) is 0 Å². The largest absolute Gasteiger partial charge is 0.322 e. The van der Waals surface area contributed by atoms with E-state index in [1.165, 1.54) is 0 Å². The number of nitrogens with zero attached hydrogens (tertiary/aromatic N) is 1. The van der Waals surface area contributed by atoms with Crippen LogP contribution in [0.1, 0.15) is 32.6 Å². The first-order valence-electron chi connectivity index (χ1n) is 10.1. The molecule has 0 aliphatic rings. The van der Waals surface area contributed by atoms with E-state index in [2.05, 4.69) is 4.98 Å². The maximum absolute atomic E-state index is 13.5. The van der Waals surface area contributed by atoms with Crippen LogP contribution in [0.3, 0.4) is 0 Å². The molecular weight excluding hydrogens is 408 g/mol. The fraction of sp³-hybridized carbons (Fsp3) is 0.154. The first-order valence-corrected chi connectivity index (χ1v) is 10.5. The second-order valence-electron chi connectivity index (χ2n) is 7.88. The highest BCUT2D eigenvalue weighted by atomic mass is 35.5. The second-order valence-corrected chi connectivity index (χ2v) is 8.32. The molecule has 4 nitrogen and oxygen atoms in total. The van der Waals surface area contributed by atoms with E-state index in [1.54, 1.807) is 29.2 Å². The molecule has 5 heteroatoms. The summed E-state index contributed by atoms with van der Waals surface area (Å²) in [5.74, 6) is -0.191. The lowest BCUT2D eigenvalue weighted by Gasteiger charge is -2.24. The molecule has 0 radical (unpaired) electrons. The number of fused-ring (bicyclic) bond motifs is 1. The molecule has 156 valence electrons. The average molecular weight is 431 g/mol. The molecule has 0 spiro atoms. The summed E-state index contributed by atoms with van der Waals surface area (Å²) >= 11 is 6.00. The van der Waals surface area contributed by atoms with Crippen LogP contribution in [-0.2, 0) is 6.54 Å². The molecule has 0 atom stereocenters. The Balaban J connectivity index is 1.80. The number of aromatic amines is 1. The Kier molecular flexibility index (Phi) is 5.66. The minimum atomic E-state index is -0.200. The van der Waals surface area contributed by atoms with Crippen LogP contribution in [0, 0.1) is 20.8 Å². The van der Waals surface area contributed by atoms with E-state index in [0.717, 1.165) is 33.3 Å². The topological polar surface area (TPSA) is 53.2 Å². The Morgan fingerprint density at radius 1 is 0.903 bits per heavy atom. The van der Waals surface area contributed by atoms with Crippen molar-refractivity contribution >= 4 is 34.1 Å². The van der Waals surface area contributed by atoms with Crippen LogP contribution >= 0.6 is 11.6 Å². The van der Waals surface area contributed by atoms with Crippen LogP contribution in [-0.4, -0.2) is 10.9 Å². The summed E-state index contributed by atoms with van der Waals surface area (Å²) < 4.78 is 0. The Bertz CT molecular complexity index is 1340. The highest BCUT2D eigenvalue weighted by molar-refractivity contribution is 6.30. The monoisotopic (exact) mass is 430 g/mol. The first-order chi connectivity index (χ1) is 14.8. The van der Waals surface area contributed by atoms with Gasteiger partial charge in [-0.1, -0.05) is 29.3 Å². The molecule has 4 rings (SSSR count). The van der Waals surface area contributed by atoms with Crippen molar-refractivity contribution < 1.29 is 4.79 Å². The maximum atomic E-state index is 13.5. The lowest BCUT2D eigenvalue weighted by molar-refractivity contribution is 0.0985. The lowest BCUT2D eigenvalue weighted by atomic mass is 10.1. The maximum Gasteiger partial charge on any atom is 0.258 e. The number of aromatic nitrogens is 1. The van der Waals surface area contributed by atoms with Crippen molar-refractivity contribution in [3.8, 4) is 0 Å². The van der Waals surface area contributed by atoms with Crippen molar-refractivity contribution in [3.63, 3.8) is 0 Å². The molecule has 1 aromatic heterocycles. The molecule has 3 aromatic carbocycles. The SMILES string of the molecule is Cc1ccc2[nH]c(=O)c(CN(C(=O)c3ccc(Cl)cc3)c3ccc(C)c(C)c3)cc2c1. The number of carbonyl (C=O) groups excluding carboxylic acids is 1. The predicted octanol–water partition coefficient (Wildman–Crippen LogP) is 5.95. The third-order valence-corrected chi connectivity index (χ3v) is 5.80. The van der Waals surface area contributed by atoms with Gasteiger partial charge in [-0.05, 0) is 91.9 Å². The third kappa shape index (κ3) is 4.39. The third-order valence-electron chi connectivity index (χ3n) is 5.54. The minimum Gasteiger partial charge on any atom is -0.322 e. The summed E-state index contributed by atoms with van der Waals surface area (Å²) in [5.41, 5.74) is 5.68. The van der Waals surface area contributed by atoms with Crippen molar-refractivity contribution in [1.82, 2.24) is 4.98 Å². The molecule has 0 saturated heterocycles. The molecule has 1 N–H and O–H groups in total. The van der Waals surface area contributed by atoms with E-state index in [9.17, 15) is 9.59 Å². The summed E-state index contributed by atoms with van der Waals surface area (Å²) in [4.78, 5) is 30.8. The van der Waals surface area contributed by atoms with Gasteiger partial charge in [-0.2, -0.15) is 0 Å². The van der Waals surface area contributed by atoms with E-state index in [-0.39, 0.29) is 18.0 Å². The Morgan fingerprint density at radius 3 is 2.35 bits per heavy atom. The number of aryl methyl sites for hydroxylation is 3. The normalized spacial score (nSPS) is 11.0. The zero-order valence-electron chi connectivity index (χ0n) is 17.7. The number of hydrogen-bond donors (Lipinski definition) is 1. The number of benzene rings is 3. The van der Waals surface area contributed by atoms with Gasteiger partial charge in [0.25, 0.3) is 11.5 Å². The van der Waals surface area contributed by atoms with E-state index < -0.39 is 0 Å². The minimum absolute atomic E-state index is 0.156. The number of hydrogen-bond acceptors (Lipinski definition) is 2.